The van der Waals surface area contributed by atoms with Crippen LogP contribution >= 0.6 is 0 Å². The average Bonchev–Trinajstić information content (AvgIpc) is 3.59. The second kappa shape index (κ2) is 9.15. The van der Waals surface area contributed by atoms with Crippen LogP contribution in [0.1, 0.15) is 18.3 Å². The summed E-state index contributed by atoms with van der Waals surface area (Å²) in [6, 6.07) is 25.2. The number of para-hydroxylation sites is 1. The number of nitrogens with one attached hydrogen (secondary N) is 2. The number of hydrogen-bond donors (Lipinski definition) is 2. The number of aryl methyl sites for hydroxylation is 1. The molecule has 6 rings (SSSR count). The van der Waals surface area contributed by atoms with E-state index in [1.54, 1.807) is 0 Å². The maximum Gasteiger partial charge on any atom is 0.334 e. The molecule has 0 unspecified atom stereocenters. The molecule has 2 N–H and O–H groups in total. The molecule has 3 heterocycles. The van der Waals surface area contributed by atoms with Crippen molar-refractivity contribution in [1.29, 1.82) is 0 Å². The number of imidazole rings is 1. The number of nitrogens with zero attached hydrogens (tertiary/aromatic N) is 6. The molecule has 0 saturated carbocycles. The summed E-state index contributed by atoms with van der Waals surface area (Å²) in [5.41, 5.74) is 4.26. The SMILES string of the molecule is CCc1nc2c(c(=O)[nH]c(=O)n2-c2ccccc2)n1Cc1ccc(-c2ccccc2-c2nn[nH]n2)cc1. The van der Waals surface area contributed by atoms with Crippen molar-refractivity contribution in [3.63, 3.8) is 0 Å². The van der Waals surface area contributed by atoms with E-state index in [1.165, 1.54) is 4.57 Å². The number of rotatable bonds is 6. The Labute approximate surface area is 210 Å². The zero-order valence-corrected chi connectivity index (χ0v) is 19.9. The standard InChI is InChI=1S/C27H22N8O2/c1-2-22-28-25-23(26(36)29-27(37)35(25)19-8-4-3-5-9-19)34(22)16-17-12-14-18(15-13-17)20-10-6-7-11-21(20)24-30-32-33-31-24/h3-15H,2,16H2,1H3,(H,29,36,37)(H,30,31,32,33). The van der Waals surface area contributed by atoms with Gasteiger partial charge < -0.3 is 4.57 Å². The molecule has 0 amide bonds. The summed E-state index contributed by atoms with van der Waals surface area (Å²) in [6.07, 6.45) is 0.604. The van der Waals surface area contributed by atoms with E-state index in [0.717, 1.165) is 28.1 Å². The summed E-state index contributed by atoms with van der Waals surface area (Å²) in [5.74, 6) is 1.25. The van der Waals surface area contributed by atoms with Gasteiger partial charge in [0.1, 0.15) is 5.82 Å². The van der Waals surface area contributed by atoms with Gasteiger partial charge in [-0.15, -0.1) is 10.2 Å². The third-order valence-electron chi connectivity index (χ3n) is 6.33. The van der Waals surface area contributed by atoms with E-state index in [4.69, 9.17) is 4.98 Å². The summed E-state index contributed by atoms with van der Waals surface area (Å²) < 4.78 is 3.33. The lowest BCUT2D eigenvalue weighted by Crippen LogP contribution is -2.30. The summed E-state index contributed by atoms with van der Waals surface area (Å²) in [4.78, 5) is 32.9. The first kappa shape index (κ1) is 22.4. The van der Waals surface area contributed by atoms with Crippen molar-refractivity contribution in [3.8, 4) is 28.2 Å². The smallest absolute Gasteiger partial charge is 0.318 e. The number of aromatic amines is 2. The van der Waals surface area contributed by atoms with Gasteiger partial charge in [0.05, 0.1) is 5.69 Å². The number of fused-ring (bicyclic) bond motifs is 1. The Balaban J connectivity index is 1.42. The number of aromatic nitrogens is 8. The molecule has 37 heavy (non-hydrogen) atoms. The Morgan fingerprint density at radius 3 is 2.30 bits per heavy atom. The highest BCUT2D eigenvalue weighted by atomic mass is 16.2. The molecule has 0 atom stereocenters. The minimum atomic E-state index is -0.513. The molecule has 0 spiro atoms. The molecule has 182 valence electrons. The van der Waals surface area contributed by atoms with Crippen LogP contribution in [0.4, 0.5) is 0 Å². The molecular formula is C27H22N8O2. The molecular weight excluding hydrogens is 468 g/mol. The van der Waals surface area contributed by atoms with Gasteiger partial charge >= 0.3 is 5.69 Å². The van der Waals surface area contributed by atoms with Gasteiger partial charge in [-0.3, -0.25) is 9.78 Å². The van der Waals surface area contributed by atoms with Gasteiger partial charge in [-0.2, -0.15) is 5.21 Å². The molecule has 0 aliphatic rings. The van der Waals surface area contributed by atoms with Crippen molar-refractivity contribution in [2.75, 3.05) is 0 Å². The predicted molar refractivity (Wildman–Crippen MR) is 139 cm³/mol. The first-order valence-corrected chi connectivity index (χ1v) is 11.9. The molecule has 0 radical (unpaired) electrons. The molecule has 3 aromatic heterocycles. The van der Waals surface area contributed by atoms with Gasteiger partial charge in [0.25, 0.3) is 5.56 Å². The van der Waals surface area contributed by atoms with E-state index >= 15 is 0 Å². The van der Waals surface area contributed by atoms with Gasteiger partial charge in [0.2, 0.25) is 5.82 Å². The van der Waals surface area contributed by atoms with Crippen LogP contribution in [0.5, 0.6) is 0 Å². The monoisotopic (exact) mass is 490 g/mol. The minimum Gasteiger partial charge on any atom is -0.318 e. The number of benzene rings is 3. The lowest BCUT2D eigenvalue weighted by atomic mass is 9.98. The fourth-order valence-corrected chi connectivity index (χ4v) is 4.61. The maximum absolute atomic E-state index is 13.0. The van der Waals surface area contributed by atoms with Crippen molar-refractivity contribution in [1.82, 2.24) is 39.7 Å². The Morgan fingerprint density at radius 2 is 1.59 bits per heavy atom. The zero-order valence-electron chi connectivity index (χ0n) is 19.9. The van der Waals surface area contributed by atoms with Crippen LogP contribution in [0.2, 0.25) is 0 Å². The van der Waals surface area contributed by atoms with Crippen LogP contribution in [0, 0.1) is 0 Å². The van der Waals surface area contributed by atoms with Crippen LogP contribution in [0.3, 0.4) is 0 Å². The average molecular weight is 491 g/mol. The number of tetrazole rings is 1. The third-order valence-corrected chi connectivity index (χ3v) is 6.33. The lowest BCUT2D eigenvalue weighted by molar-refractivity contribution is 0.750. The van der Waals surface area contributed by atoms with Crippen molar-refractivity contribution in [3.05, 3.63) is 111 Å². The molecule has 0 fully saturated rings. The maximum atomic E-state index is 13.0. The van der Waals surface area contributed by atoms with Crippen LogP contribution < -0.4 is 11.2 Å². The number of H-pyrrole nitrogens is 2. The fourth-order valence-electron chi connectivity index (χ4n) is 4.61. The molecule has 3 aromatic carbocycles. The Morgan fingerprint density at radius 1 is 0.865 bits per heavy atom. The van der Waals surface area contributed by atoms with E-state index in [-0.39, 0.29) is 0 Å². The topological polar surface area (TPSA) is 127 Å². The van der Waals surface area contributed by atoms with Crippen molar-refractivity contribution >= 4 is 11.2 Å². The molecule has 6 aromatic rings. The van der Waals surface area contributed by atoms with Crippen molar-refractivity contribution in [2.24, 2.45) is 0 Å². The van der Waals surface area contributed by atoms with Crippen LogP contribution in [-0.4, -0.2) is 39.7 Å². The van der Waals surface area contributed by atoms with E-state index in [1.807, 2.05) is 90.4 Å². The second-order valence-corrected chi connectivity index (χ2v) is 8.55. The van der Waals surface area contributed by atoms with Gasteiger partial charge in [-0.05, 0) is 34.0 Å². The molecule has 0 aliphatic heterocycles. The summed E-state index contributed by atoms with van der Waals surface area (Å²) in [5, 5.41) is 14.4. The molecule has 0 saturated heterocycles. The quantitative estimate of drug-likeness (QED) is 0.369. The minimum absolute atomic E-state index is 0.349. The Kier molecular flexibility index (Phi) is 5.53. The highest BCUT2D eigenvalue weighted by molar-refractivity contribution is 5.80. The van der Waals surface area contributed by atoms with E-state index in [9.17, 15) is 9.59 Å². The first-order valence-electron chi connectivity index (χ1n) is 11.9. The molecule has 10 heteroatoms. The number of hydrogen-bond acceptors (Lipinski definition) is 6. The zero-order chi connectivity index (χ0) is 25.4. The summed E-state index contributed by atoms with van der Waals surface area (Å²) in [6.45, 7) is 2.41. The van der Waals surface area contributed by atoms with Gasteiger partial charge in [0.15, 0.2) is 11.2 Å². The van der Waals surface area contributed by atoms with Crippen molar-refractivity contribution in [2.45, 2.75) is 19.9 Å². The predicted octanol–water partition coefficient (Wildman–Crippen LogP) is 3.33. The highest BCUT2D eigenvalue weighted by Crippen LogP contribution is 2.30. The Bertz CT molecular complexity index is 1820. The van der Waals surface area contributed by atoms with Gasteiger partial charge in [-0.1, -0.05) is 73.7 Å². The van der Waals surface area contributed by atoms with Crippen LogP contribution in [0.15, 0.2) is 88.5 Å². The highest BCUT2D eigenvalue weighted by Gasteiger charge is 2.19. The molecule has 0 aliphatic carbocycles. The van der Waals surface area contributed by atoms with Crippen LogP contribution in [-0.2, 0) is 13.0 Å². The van der Waals surface area contributed by atoms with E-state index < -0.39 is 11.2 Å². The fraction of sp³-hybridized carbons (Fsp3) is 0.111. The molecule has 10 nitrogen and oxygen atoms in total. The molecule has 0 bridgehead atoms. The van der Waals surface area contributed by atoms with Gasteiger partial charge in [-0.25, -0.2) is 14.3 Å². The van der Waals surface area contributed by atoms with Crippen LogP contribution in [0.25, 0.3) is 39.4 Å². The van der Waals surface area contributed by atoms with E-state index in [2.05, 4.69) is 25.6 Å². The first-order chi connectivity index (χ1) is 18.1. The largest absolute Gasteiger partial charge is 0.334 e. The normalized spacial score (nSPS) is 11.3. The third kappa shape index (κ3) is 3.94. The lowest BCUT2D eigenvalue weighted by Gasteiger charge is -2.11. The van der Waals surface area contributed by atoms with Crippen molar-refractivity contribution < 1.29 is 0 Å². The summed E-state index contributed by atoms with van der Waals surface area (Å²) in [7, 11) is 0. The second-order valence-electron chi connectivity index (χ2n) is 8.55. The van der Waals surface area contributed by atoms with Gasteiger partial charge in [0, 0.05) is 18.5 Å². The van der Waals surface area contributed by atoms with E-state index in [0.29, 0.717) is 35.6 Å². The summed E-state index contributed by atoms with van der Waals surface area (Å²) >= 11 is 0. The Hall–Kier alpha value is -5.12.